The summed E-state index contributed by atoms with van der Waals surface area (Å²) in [6.07, 6.45) is 0. The van der Waals surface area contributed by atoms with Crippen LogP contribution in [0.3, 0.4) is 0 Å². The van der Waals surface area contributed by atoms with E-state index in [1.165, 1.54) is 0 Å². The largest absolute Gasteiger partial charge is 2.00 e. The minimum Gasteiger partial charge on any atom is -0.550 e. The van der Waals surface area contributed by atoms with E-state index in [-0.39, 0.29) is 33.2 Å². The van der Waals surface area contributed by atoms with Gasteiger partial charge in [-0.1, -0.05) is 0 Å². The molecule has 0 saturated carbocycles. The smallest absolute Gasteiger partial charge is 0.550 e. The molecule has 1 radical (unpaired) electrons. The standard InChI is InChI=1S/2C2H4O2.Co.3H2O/c2*1-2(3)4;;;;/h2*1H3,(H,3,4);;3*1H2/q;;+2;;;/p-2. The normalized spacial score (nSPS) is 4.17. The number of rotatable bonds is 0. The van der Waals surface area contributed by atoms with Crippen molar-refractivity contribution >= 4 is 11.9 Å². The van der Waals surface area contributed by atoms with Crippen LogP contribution in [0.2, 0.25) is 0 Å². The molecule has 0 rings (SSSR count). The van der Waals surface area contributed by atoms with Gasteiger partial charge in [0.1, 0.15) is 0 Å². The predicted octanol–water partition coefficient (Wildman–Crippen LogP) is -4.96. The van der Waals surface area contributed by atoms with Crippen molar-refractivity contribution in [2.75, 3.05) is 0 Å². The summed E-state index contributed by atoms with van der Waals surface area (Å²) in [7, 11) is 0. The van der Waals surface area contributed by atoms with Gasteiger partial charge in [-0.25, -0.2) is 0 Å². The molecule has 0 aromatic rings. The second-order valence-corrected chi connectivity index (χ2v) is 0.983. The van der Waals surface area contributed by atoms with Crippen molar-refractivity contribution < 1.29 is 53.0 Å². The summed E-state index contributed by atoms with van der Waals surface area (Å²) >= 11 is 0. The molecule has 0 aliphatic heterocycles. The maximum Gasteiger partial charge on any atom is 2.00 e. The van der Waals surface area contributed by atoms with Crippen molar-refractivity contribution in [3.63, 3.8) is 0 Å². The molecule has 7 nitrogen and oxygen atoms in total. The first-order valence-electron chi connectivity index (χ1n) is 1.82. The Morgan fingerprint density at radius 3 is 0.833 bits per heavy atom. The zero-order valence-corrected chi connectivity index (χ0v) is 7.51. The average molecular weight is 231 g/mol. The Kier molecular flexibility index (Phi) is 112. The maximum atomic E-state index is 8.89. The topological polar surface area (TPSA) is 175 Å². The molecule has 12 heavy (non-hydrogen) atoms. The molecular weight excluding hydrogens is 219 g/mol. The first-order chi connectivity index (χ1) is 3.46. The van der Waals surface area contributed by atoms with E-state index in [1.54, 1.807) is 0 Å². The van der Waals surface area contributed by atoms with Crippen LogP contribution in [0.4, 0.5) is 0 Å². The SMILES string of the molecule is CC(=O)[O-].CC(=O)[O-].O.O.O.[Co+2]. The summed E-state index contributed by atoms with van der Waals surface area (Å²) in [5.41, 5.74) is 0. The quantitative estimate of drug-likeness (QED) is 0.405. The Morgan fingerprint density at radius 1 is 0.833 bits per heavy atom. The van der Waals surface area contributed by atoms with Gasteiger partial charge < -0.3 is 36.2 Å². The van der Waals surface area contributed by atoms with Gasteiger partial charge >= 0.3 is 16.8 Å². The van der Waals surface area contributed by atoms with Gasteiger partial charge in [0.05, 0.1) is 0 Å². The van der Waals surface area contributed by atoms with Crippen LogP contribution in [-0.4, -0.2) is 28.4 Å². The van der Waals surface area contributed by atoms with E-state index >= 15 is 0 Å². The number of hydrogen-bond donors (Lipinski definition) is 0. The summed E-state index contributed by atoms with van der Waals surface area (Å²) in [6.45, 7) is 1.94. The Bertz CT molecular complexity index is 73.4. The summed E-state index contributed by atoms with van der Waals surface area (Å²) < 4.78 is 0. The van der Waals surface area contributed by atoms with E-state index in [0.717, 1.165) is 13.8 Å². The van der Waals surface area contributed by atoms with Gasteiger partial charge in [0, 0.05) is 11.9 Å². The third-order valence-electron chi connectivity index (χ3n) is 0. The van der Waals surface area contributed by atoms with Crippen LogP contribution in [-0.2, 0) is 26.4 Å². The van der Waals surface area contributed by atoms with Gasteiger partial charge in [-0.3, -0.25) is 0 Å². The fourth-order valence-corrected chi connectivity index (χ4v) is 0. The van der Waals surface area contributed by atoms with E-state index in [2.05, 4.69) is 0 Å². The van der Waals surface area contributed by atoms with Crippen molar-refractivity contribution in [1.82, 2.24) is 0 Å². The molecule has 0 spiro atoms. The zero-order chi connectivity index (χ0) is 7.15. The van der Waals surface area contributed by atoms with Crippen LogP contribution in [0.5, 0.6) is 0 Å². The van der Waals surface area contributed by atoms with Gasteiger partial charge in [0.15, 0.2) is 0 Å². The molecule has 0 heterocycles. The fourth-order valence-electron chi connectivity index (χ4n) is 0. The van der Waals surface area contributed by atoms with E-state index in [9.17, 15) is 0 Å². The van der Waals surface area contributed by atoms with Crippen molar-refractivity contribution in [1.29, 1.82) is 0 Å². The van der Waals surface area contributed by atoms with Crippen LogP contribution >= 0.6 is 0 Å². The molecule has 0 aliphatic rings. The van der Waals surface area contributed by atoms with Crippen LogP contribution in [0, 0.1) is 0 Å². The second-order valence-electron chi connectivity index (χ2n) is 0.983. The maximum absolute atomic E-state index is 8.89. The Labute approximate surface area is 79.5 Å². The van der Waals surface area contributed by atoms with Gasteiger partial charge in [-0.2, -0.15) is 0 Å². The number of carboxylic acids is 2. The number of carboxylic acid groups (broad SMARTS) is 2. The molecule has 0 aromatic carbocycles. The third kappa shape index (κ3) is 1430. The Morgan fingerprint density at radius 2 is 0.833 bits per heavy atom. The molecule has 0 saturated heterocycles. The summed E-state index contributed by atoms with van der Waals surface area (Å²) in [5, 5.41) is 17.8. The van der Waals surface area contributed by atoms with Crippen LogP contribution in [0.25, 0.3) is 0 Å². The van der Waals surface area contributed by atoms with Crippen molar-refractivity contribution in [2.24, 2.45) is 0 Å². The Hall–Kier alpha value is -0.674. The van der Waals surface area contributed by atoms with Gasteiger partial charge in [0.2, 0.25) is 0 Å². The van der Waals surface area contributed by atoms with Crippen molar-refractivity contribution in [2.45, 2.75) is 13.8 Å². The van der Waals surface area contributed by atoms with Crippen LogP contribution < -0.4 is 10.2 Å². The molecule has 79 valence electrons. The summed E-state index contributed by atoms with van der Waals surface area (Å²) in [4.78, 5) is 17.8. The van der Waals surface area contributed by atoms with Crippen molar-refractivity contribution in [3.05, 3.63) is 0 Å². The van der Waals surface area contributed by atoms with E-state index in [4.69, 9.17) is 19.8 Å². The second kappa shape index (κ2) is 31.7. The molecule has 0 amide bonds. The molecule has 8 heteroatoms. The average Bonchev–Trinajstić information content (AvgIpc) is 1.25. The third-order valence-corrected chi connectivity index (χ3v) is 0. The number of carbonyl (C=O) groups excluding carboxylic acids is 2. The zero-order valence-electron chi connectivity index (χ0n) is 6.47. The molecule has 0 aliphatic carbocycles. The molecule has 0 aromatic heterocycles. The molecule has 0 unspecified atom stereocenters. The van der Waals surface area contributed by atoms with Gasteiger partial charge in [0.25, 0.3) is 0 Å². The van der Waals surface area contributed by atoms with E-state index in [1.807, 2.05) is 0 Å². The minimum atomic E-state index is -1.08. The molecule has 0 bridgehead atoms. The van der Waals surface area contributed by atoms with E-state index in [0.29, 0.717) is 0 Å². The summed E-state index contributed by atoms with van der Waals surface area (Å²) in [6, 6.07) is 0. The number of hydrogen-bond acceptors (Lipinski definition) is 4. The number of aliphatic carboxylic acids is 2. The molecular formula is C4H12CoO7. The first kappa shape index (κ1) is 42.6. The molecule has 0 fully saturated rings. The first-order valence-corrected chi connectivity index (χ1v) is 1.82. The van der Waals surface area contributed by atoms with E-state index < -0.39 is 11.9 Å². The van der Waals surface area contributed by atoms with Crippen LogP contribution in [0.1, 0.15) is 13.8 Å². The number of carbonyl (C=O) groups is 2. The Balaban J connectivity index is -0.0000000112. The predicted molar refractivity (Wildman–Crippen MR) is 32.2 cm³/mol. The molecule has 6 N–H and O–H groups in total. The summed E-state index contributed by atoms with van der Waals surface area (Å²) in [5.74, 6) is -2.17. The fraction of sp³-hybridized carbons (Fsp3) is 0.500. The minimum absolute atomic E-state index is 0. The van der Waals surface area contributed by atoms with Crippen molar-refractivity contribution in [3.8, 4) is 0 Å². The van der Waals surface area contributed by atoms with Gasteiger partial charge in [-0.05, 0) is 13.8 Å². The molecule has 0 atom stereocenters. The van der Waals surface area contributed by atoms with Gasteiger partial charge in [-0.15, -0.1) is 0 Å². The van der Waals surface area contributed by atoms with Crippen LogP contribution in [0.15, 0.2) is 0 Å². The monoisotopic (exact) mass is 231 g/mol.